The third kappa shape index (κ3) is 5.21. The van der Waals surface area contributed by atoms with Crippen molar-refractivity contribution in [2.24, 2.45) is 11.8 Å². The molecule has 0 aliphatic carbocycles. The summed E-state index contributed by atoms with van der Waals surface area (Å²) in [4.78, 5) is 15.4. The number of carbonyl (C=O) groups is 1. The molecular formula is C25H33N3O5S. The average molecular weight is 488 g/mol. The molecule has 2 atom stereocenters. The van der Waals surface area contributed by atoms with Crippen LogP contribution >= 0.6 is 0 Å². The van der Waals surface area contributed by atoms with Crippen molar-refractivity contribution in [2.45, 2.75) is 25.2 Å². The van der Waals surface area contributed by atoms with E-state index in [1.54, 1.807) is 12.1 Å². The molecule has 2 saturated heterocycles. The van der Waals surface area contributed by atoms with Gasteiger partial charge in [0.05, 0.1) is 31.7 Å². The molecule has 0 bridgehead atoms. The molecule has 0 unspecified atom stereocenters. The third-order valence-corrected chi connectivity index (χ3v) is 8.24. The molecule has 4 rings (SSSR count). The minimum absolute atomic E-state index is 0.0189. The molecule has 0 saturated carbocycles. The third-order valence-electron chi connectivity index (χ3n) is 6.38. The summed E-state index contributed by atoms with van der Waals surface area (Å²) in [6.07, 6.45) is 0.994. The highest BCUT2D eigenvalue weighted by atomic mass is 32.2. The SMILES string of the molecule is COc1ccc(C(=O)Nc2ccccc2N2CCOCC2)cc1S(=O)(=O)N1C[C@@H](C)C[C@H](C)C1. The second-order valence-electron chi connectivity index (χ2n) is 9.20. The van der Waals surface area contributed by atoms with E-state index in [2.05, 4.69) is 24.1 Å². The number of hydrogen-bond acceptors (Lipinski definition) is 6. The number of ether oxygens (including phenoxy) is 2. The zero-order chi connectivity index (χ0) is 24.3. The van der Waals surface area contributed by atoms with Gasteiger partial charge in [-0.15, -0.1) is 0 Å². The average Bonchev–Trinajstić information content (AvgIpc) is 2.84. The number of hydrogen-bond donors (Lipinski definition) is 1. The maximum Gasteiger partial charge on any atom is 0.255 e. The Bertz CT molecular complexity index is 1120. The van der Waals surface area contributed by atoms with Crippen LogP contribution in [0.25, 0.3) is 0 Å². The van der Waals surface area contributed by atoms with Crippen molar-refractivity contribution in [3.63, 3.8) is 0 Å². The van der Waals surface area contributed by atoms with Crippen LogP contribution in [0.1, 0.15) is 30.6 Å². The summed E-state index contributed by atoms with van der Waals surface area (Å²) in [6.45, 7) is 7.79. The van der Waals surface area contributed by atoms with Gasteiger partial charge in [0.25, 0.3) is 5.91 Å². The molecular weight excluding hydrogens is 454 g/mol. The van der Waals surface area contributed by atoms with Crippen molar-refractivity contribution in [1.82, 2.24) is 4.31 Å². The molecule has 0 radical (unpaired) electrons. The van der Waals surface area contributed by atoms with E-state index in [0.717, 1.165) is 25.2 Å². The Balaban J connectivity index is 1.62. The first-order chi connectivity index (χ1) is 16.3. The van der Waals surface area contributed by atoms with Gasteiger partial charge in [-0.3, -0.25) is 4.79 Å². The van der Waals surface area contributed by atoms with Crippen molar-refractivity contribution >= 4 is 27.3 Å². The van der Waals surface area contributed by atoms with E-state index in [-0.39, 0.29) is 34.0 Å². The number of rotatable bonds is 6. The molecule has 184 valence electrons. The van der Waals surface area contributed by atoms with Crippen LogP contribution in [-0.4, -0.2) is 65.1 Å². The highest BCUT2D eigenvalue weighted by Crippen LogP contribution is 2.33. The molecule has 1 N–H and O–H groups in total. The van der Waals surface area contributed by atoms with E-state index >= 15 is 0 Å². The van der Waals surface area contributed by atoms with Crippen molar-refractivity contribution in [1.29, 1.82) is 0 Å². The predicted octanol–water partition coefficient (Wildman–Crippen LogP) is 3.45. The number of methoxy groups -OCH3 is 1. The minimum Gasteiger partial charge on any atom is -0.495 e. The number of sulfonamides is 1. The van der Waals surface area contributed by atoms with E-state index in [9.17, 15) is 13.2 Å². The van der Waals surface area contributed by atoms with Gasteiger partial charge in [0.2, 0.25) is 10.0 Å². The van der Waals surface area contributed by atoms with E-state index < -0.39 is 10.0 Å². The number of piperidine rings is 1. The molecule has 9 heteroatoms. The zero-order valence-corrected chi connectivity index (χ0v) is 20.8. The van der Waals surface area contributed by atoms with E-state index in [4.69, 9.17) is 9.47 Å². The maximum absolute atomic E-state index is 13.5. The van der Waals surface area contributed by atoms with Gasteiger partial charge in [0.1, 0.15) is 10.6 Å². The zero-order valence-electron chi connectivity index (χ0n) is 20.0. The van der Waals surface area contributed by atoms with E-state index in [1.807, 2.05) is 24.3 Å². The summed E-state index contributed by atoms with van der Waals surface area (Å²) < 4.78 is 39.4. The second-order valence-corrected chi connectivity index (χ2v) is 11.1. The Kier molecular flexibility index (Phi) is 7.45. The Morgan fingerprint density at radius 3 is 2.41 bits per heavy atom. The highest BCUT2D eigenvalue weighted by molar-refractivity contribution is 7.89. The molecule has 2 aliphatic rings. The molecule has 0 aromatic heterocycles. The summed E-state index contributed by atoms with van der Waals surface area (Å²) in [5, 5.41) is 2.96. The fraction of sp³-hybridized carbons (Fsp3) is 0.480. The smallest absolute Gasteiger partial charge is 0.255 e. The first kappa shape index (κ1) is 24.5. The first-order valence-electron chi connectivity index (χ1n) is 11.7. The summed E-state index contributed by atoms with van der Waals surface area (Å²) in [7, 11) is -2.38. The Morgan fingerprint density at radius 1 is 1.06 bits per heavy atom. The van der Waals surface area contributed by atoms with Crippen molar-refractivity contribution in [3.05, 3.63) is 48.0 Å². The van der Waals surface area contributed by atoms with Crippen molar-refractivity contribution in [2.75, 3.05) is 56.7 Å². The summed E-state index contributed by atoms with van der Waals surface area (Å²) in [5.74, 6) is 0.400. The van der Waals surface area contributed by atoms with E-state index in [0.29, 0.717) is 32.0 Å². The van der Waals surface area contributed by atoms with Gasteiger partial charge in [-0.1, -0.05) is 26.0 Å². The lowest BCUT2D eigenvalue weighted by Gasteiger charge is -2.34. The molecule has 34 heavy (non-hydrogen) atoms. The number of nitrogens with zero attached hydrogens (tertiary/aromatic N) is 2. The summed E-state index contributed by atoms with van der Waals surface area (Å²) >= 11 is 0. The fourth-order valence-corrected chi connectivity index (χ4v) is 6.68. The quantitative estimate of drug-likeness (QED) is 0.672. The predicted molar refractivity (Wildman–Crippen MR) is 132 cm³/mol. The lowest BCUT2D eigenvalue weighted by atomic mass is 9.94. The molecule has 0 spiro atoms. The van der Waals surface area contributed by atoms with Crippen LogP contribution in [0.15, 0.2) is 47.4 Å². The highest BCUT2D eigenvalue weighted by Gasteiger charge is 2.34. The molecule has 8 nitrogen and oxygen atoms in total. The number of amides is 1. The molecule has 2 aromatic rings. The van der Waals surface area contributed by atoms with Crippen LogP contribution in [0, 0.1) is 11.8 Å². The summed E-state index contributed by atoms with van der Waals surface area (Å²) in [6, 6.07) is 12.2. The second kappa shape index (κ2) is 10.3. The summed E-state index contributed by atoms with van der Waals surface area (Å²) in [5.41, 5.74) is 1.85. The van der Waals surface area contributed by atoms with Crippen LogP contribution in [-0.2, 0) is 14.8 Å². The lowest BCUT2D eigenvalue weighted by molar-refractivity contribution is 0.102. The van der Waals surface area contributed by atoms with Crippen molar-refractivity contribution in [3.8, 4) is 5.75 Å². The number of morpholine rings is 1. The molecule has 2 fully saturated rings. The number of para-hydroxylation sites is 2. The standard InChI is InChI=1S/C25H33N3O5S/c1-18-14-19(2)17-28(16-18)34(30,31)24-15-20(8-9-23(24)32-3)25(29)26-21-6-4-5-7-22(21)27-10-12-33-13-11-27/h4-9,15,18-19H,10-14,16-17H2,1-3H3,(H,26,29)/t18-,19-/m0/s1. The van der Waals surface area contributed by atoms with Crippen LogP contribution in [0.5, 0.6) is 5.75 Å². The van der Waals surface area contributed by atoms with Crippen LogP contribution in [0.3, 0.4) is 0 Å². The Labute approximate surface area is 201 Å². The normalized spacial score (nSPS) is 21.8. The van der Waals surface area contributed by atoms with Gasteiger partial charge >= 0.3 is 0 Å². The fourth-order valence-electron chi connectivity index (χ4n) is 4.81. The van der Waals surface area contributed by atoms with Gasteiger partial charge in [-0.05, 0) is 48.6 Å². The number of benzene rings is 2. The Hall–Kier alpha value is -2.62. The molecule has 2 aromatic carbocycles. The topological polar surface area (TPSA) is 88.2 Å². The minimum atomic E-state index is -3.82. The lowest BCUT2D eigenvalue weighted by Crippen LogP contribution is -2.42. The Morgan fingerprint density at radius 2 is 1.74 bits per heavy atom. The molecule has 1 amide bonds. The first-order valence-corrected chi connectivity index (χ1v) is 13.1. The van der Waals surface area contributed by atoms with Gasteiger partial charge in [0.15, 0.2) is 0 Å². The van der Waals surface area contributed by atoms with Gasteiger partial charge in [-0.2, -0.15) is 4.31 Å². The van der Waals surface area contributed by atoms with Gasteiger partial charge in [0, 0.05) is 31.7 Å². The van der Waals surface area contributed by atoms with Crippen LogP contribution < -0.4 is 15.0 Å². The van der Waals surface area contributed by atoms with Crippen LogP contribution in [0.2, 0.25) is 0 Å². The largest absolute Gasteiger partial charge is 0.495 e. The molecule has 2 aliphatic heterocycles. The number of carbonyl (C=O) groups excluding carboxylic acids is 1. The maximum atomic E-state index is 13.5. The number of anilines is 2. The molecule has 2 heterocycles. The number of nitrogens with one attached hydrogen (secondary N) is 1. The van der Waals surface area contributed by atoms with Gasteiger partial charge in [-0.25, -0.2) is 8.42 Å². The monoisotopic (exact) mass is 487 g/mol. The van der Waals surface area contributed by atoms with E-state index in [1.165, 1.54) is 17.5 Å². The van der Waals surface area contributed by atoms with Crippen LogP contribution in [0.4, 0.5) is 11.4 Å². The van der Waals surface area contributed by atoms with Crippen molar-refractivity contribution < 1.29 is 22.7 Å². The van der Waals surface area contributed by atoms with Gasteiger partial charge < -0.3 is 19.7 Å².